The maximum absolute atomic E-state index is 13.1. The van der Waals surface area contributed by atoms with Crippen molar-refractivity contribution in [2.45, 2.75) is 39.2 Å². The molecule has 168 valence electrons. The highest BCUT2D eigenvalue weighted by molar-refractivity contribution is 7.20. The van der Waals surface area contributed by atoms with E-state index >= 15 is 0 Å². The Hall–Kier alpha value is -3.20. The number of hydrogen-bond acceptors (Lipinski definition) is 6. The molecule has 0 aliphatic carbocycles. The molecular weight excluding hydrogens is 428 g/mol. The molecule has 3 heterocycles. The fourth-order valence-corrected chi connectivity index (χ4v) is 4.81. The van der Waals surface area contributed by atoms with Gasteiger partial charge in [-0.2, -0.15) is 0 Å². The monoisotopic (exact) mass is 454 g/mol. The number of likely N-dealkylation sites (N-methyl/N-ethyl adjacent to an activating group) is 1. The molecule has 4 rings (SSSR count). The Morgan fingerprint density at radius 1 is 1.19 bits per heavy atom. The zero-order valence-electron chi connectivity index (χ0n) is 18.4. The summed E-state index contributed by atoms with van der Waals surface area (Å²) in [6.07, 6.45) is 3.88. The Labute approximate surface area is 189 Å². The Balaban J connectivity index is 1.53. The maximum Gasteiger partial charge on any atom is 0.266 e. The standard InChI is InChI=1S/C23H26N4O4S/c1-14-19-22(25-17-7-5-4-6-12-27(17)23(19)30)32-20(14)21(29)24-15-8-10-16(11-9-15)31-13-18(28)26(2)3/h8-11H,4-7,12-13H2,1-3H3,(H,24,29). The molecule has 0 saturated carbocycles. The van der Waals surface area contributed by atoms with Gasteiger partial charge in [-0.1, -0.05) is 6.42 Å². The van der Waals surface area contributed by atoms with Crippen LogP contribution in [0.1, 0.15) is 40.3 Å². The zero-order valence-corrected chi connectivity index (χ0v) is 19.3. The molecule has 0 unspecified atom stereocenters. The van der Waals surface area contributed by atoms with E-state index in [1.807, 2.05) is 0 Å². The summed E-state index contributed by atoms with van der Waals surface area (Å²) >= 11 is 1.26. The van der Waals surface area contributed by atoms with Crippen LogP contribution in [0.3, 0.4) is 0 Å². The molecule has 2 amide bonds. The number of hydrogen-bond donors (Lipinski definition) is 1. The third-order valence-electron chi connectivity index (χ3n) is 5.59. The molecule has 0 bridgehead atoms. The molecule has 3 aromatic rings. The Kier molecular flexibility index (Phi) is 6.27. The molecule has 1 aliphatic rings. The first-order chi connectivity index (χ1) is 15.3. The molecule has 0 fully saturated rings. The molecule has 1 aliphatic heterocycles. The van der Waals surface area contributed by atoms with Crippen molar-refractivity contribution in [3.63, 3.8) is 0 Å². The molecule has 9 heteroatoms. The van der Waals surface area contributed by atoms with Crippen LogP contribution in [0.5, 0.6) is 5.75 Å². The van der Waals surface area contributed by atoms with Crippen molar-refractivity contribution in [2.24, 2.45) is 0 Å². The van der Waals surface area contributed by atoms with Crippen LogP contribution in [0.4, 0.5) is 5.69 Å². The molecule has 1 N–H and O–H groups in total. The Bertz CT molecular complexity index is 1230. The Morgan fingerprint density at radius 2 is 1.94 bits per heavy atom. The second kappa shape index (κ2) is 9.12. The summed E-state index contributed by atoms with van der Waals surface area (Å²) in [7, 11) is 3.34. The second-order valence-electron chi connectivity index (χ2n) is 8.09. The SMILES string of the molecule is Cc1c(C(=O)Nc2ccc(OCC(=O)N(C)C)cc2)sc2nc3n(c(=O)c12)CCCCC3. The lowest BCUT2D eigenvalue weighted by Gasteiger charge is -2.11. The summed E-state index contributed by atoms with van der Waals surface area (Å²) in [6.45, 7) is 2.44. The van der Waals surface area contributed by atoms with E-state index in [1.165, 1.54) is 16.2 Å². The number of carbonyl (C=O) groups excluding carboxylic acids is 2. The first-order valence-corrected chi connectivity index (χ1v) is 11.4. The zero-order chi connectivity index (χ0) is 22.8. The third kappa shape index (κ3) is 4.38. The molecular formula is C23H26N4O4S. The predicted octanol–water partition coefficient (Wildman–Crippen LogP) is 3.21. The van der Waals surface area contributed by atoms with Gasteiger partial charge in [-0.05, 0) is 49.6 Å². The first-order valence-electron chi connectivity index (χ1n) is 10.6. The summed E-state index contributed by atoms with van der Waals surface area (Å²) in [5.74, 6) is 0.942. The van der Waals surface area contributed by atoms with Gasteiger partial charge < -0.3 is 15.0 Å². The minimum atomic E-state index is -0.276. The number of anilines is 1. The van der Waals surface area contributed by atoms with E-state index in [1.54, 1.807) is 49.9 Å². The van der Waals surface area contributed by atoms with Crippen LogP contribution < -0.4 is 15.6 Å². The summed E-state index contributed by atoms with van der Waals surface area (Å²) in [5, 5.41) is 3.42. The van der Waals surface area contributed by atoms with Gasteiger partial charge in [-0.3, -0.25) is 19.0 Å². The molecule has 2 aromatic heterocycles. The normalized spacial score (nSPS) is 13.3. The van der Waals surface area contributed by atoms with Gasteiger partial charge in [0.2, 0.25) is 0 Å². The van der Waals surface area contributed by atoms with Crippen LogP contribution in [0.2, 0.25) is 0 Å². The van der Waals surface area contributed by atoms with Crippen LogP contribution >= 0.6 is 11.3 Å². The van der Waals surface area contributed by atoms with E-state index in [2.05, 4.69) is 5.32 Å². The van der Waals surface area contributed by atoms with Crippen LogP contribution in [-0.2, 0) is 17.8 Å². The smallest absolute Gasteiger partial charge is 0.266 e. The number of nitrogens with zero attached hydrogens (tertiary/aromatic N) is 3. The predicted molar refractivity (Wildman–Crippen MR) is 125 cm³/mol. The average Bonchev–Trinajstić information content (AvgIpc) is 2.94. The van der Waals surface area contributed by atoms with Gasteiger partial charge in [0.15, 0.2) is 6.61 Å². The van der Waals surface area contributed by atoms with Crippen molar-refractivity contribution in [1.29, 1.82) is 0 Å². The second-order valence-corrected chi connectivity index (χ2v) is 9.09. The lowest BCUT2D eigenvalue weighted by Crippen LogP contribution is -2.27. The van der Waals surface area contributed by atoms with Crippen molar-refractivity contribution in [3.8, 4) is 5.75 Å². The van der Waals surface area contributed by atoms with Crippen molar-refractivity contribution in [3.05, 3.63) is 50.9 Å². The number of carbonyl (C=O) groups is 2. The lowest BCUT2D eigenvalue weighted by molar-refractivity contribution is -0.130. The number of nitrogens with one attached hydrogen (secondary N) is 1. The summed E-state index contributed by atoms with van der Waals surface area (Å²) in [6, 6.07) is 6.82. The highest BCUT2D eigenvalue weighted by atomic mass is 32.1. The molecule has 0 saturated heterocycles. The minimum absolute atomic E-state index is 0.0477. The molecule has 32 heavy (non-hydrogen) atoms. The van der Waals surface area contributed by atoms with Gasteiger partial charge in [0.05, 0.1) is 10.3 Å². The van der Waals surface area contributed by atoms with Gasteiger partial charge in [0.25, 0.3) is 17.4 Å². The van der Waals surface area contributed by atoms with Crippen molar-refractivity contribution in [1.82, 2.24) is 14.5 Å². The number of aromatic nitrogens is 2. The highest BCUT2D eigenvalue weighted by Crippen LogP contribution is 2.29. The number of fused-ring (bicyclic) bond motifs is 2. The van der Waals surface area contributed by atoms with Crippen LogP contribution in [0.25, 0.3) is 10.2 Å². The Morgan fingerprint density at radius 3 is 2.66 bits per heavy atom. The fraction of sp³-hybridized carbons (Fsp3) is 0.391. The van der Waals surface area contributed by atoms with Gasteiger partial charge in [0.1, 0.15) is 16.4 Å². The van der Waals surface area contributed by atoms with Gasteiger partial charge >= 0.3 is 0 Å². The molecule has 0 atom stereocenters. The van der Waals surface area contributed by atoms with Crippen molar-refractivity contribution < 1.29 is 14.3 Å². The molecule has 1 aromatic carbocycles. The molecule has 8 nitrogen and oxygen atoms in total. The quantitative estimate of drug-likeness (QED) is 0.639. The van der Waals surface area contributed by atoms with E-state index in [0.29, 0.717) is 38.6 Å². The highest BCUT2D eigenvalue weighted by Gasteiger charge is 2.22. The summed E-state index contributed by atoms with van der Waals surface area (Å²) in [5.41, 5.74) is 1.22. The van der Waals surface area contributed by atoms with Gasteiger partial charge in [-0.15, -0.1) is 11.3 Å². The number of ether oxygens (including phenoxy) is 1. The van der Waals surface area contributed by atoms with Crippen LogP contribution in [0.15, 0.2) is 29.1 Å². The van der Waals surface area contributed by atoms with Crippen molar-refractivity contribution >= 4 is 39.1 Å². The van der Waals surface area contributed by atoms with E-state index in [0.717, 1.165) is 31.5 Å². The number of aryl methyl sites for hydroxylation is 2. The molecule has 0 radical (unpaired) electrons. The number of thiophene rings is 1. The lowest BCUT2D eigenvalue weighted by atomic mass is 10.2. The molecule has 0 spiro atoms. The van der Waals surface area contributed by atoms with E-state index in [-0.39, 0.29) is 24.0 Å². The summed E-state index contributed by atoms with van der Waals surface area (Å²) in [4.78, 5) is 45.0. The van der Waals surface area contributed by atoms with Gasteiger partial charge in [-0.25, -0.2) is 4.98 Å². The summed E-state index contributed by atoms with van der Waals surface area (Å²) < 4.78 is 7.23. The van der Waals surface area contributed by atoms with Crippen LogP contribution in [-0.4, -0.2) is 47.0 Å². The van der Waals surface area contributed by atoms with Gasteiger partial charge in [0, 0.05) is 32.7 Å². The van der Waals surface area contributed by atoms with E-state index in [4.69, 9.17) is 9.72 Å². The van der Waals surface area contributed by atoms with Crippen molar-refractivity contribution in [2.75, 3.05) is 26.0 Å². The number of amides is 2. The van der Waals surface area contributed by atoms with Crippen LogP contribution in [0, 0.1) is 6.92 Å². The number of benzene rings is 1. The van der Waals surface area contributed by atoms with E-state index in [9.17, 15) is 14.4 Å². The topological polar surface area (TPSA) is 93.5 Å². The minimum Gasteiger partial charge on any atom is -0.484 e. The fourth-order valence-electron chi connectivity index (χ4n) is 3.72. The third-order valence-corrected chi connectivity index (χ3v) is 6.78. The first kappa shape index (κ1) is 22.0. The number of rotatable bonds is 5. The van der Waals surface area contributed by atoms with E-state index < -0.39 is 0 Å². The maximum atomic E-state index is 13.1. The largest absolute Gasteiger partial charge is 0.484 e. The average molecular weight is 455 g/mol.